The first-order valence-corrected chi connectivity index (χ1v) is 7.26. The van der Waals surface area contributed by atoms with Gasteiger partial charge in [0.05, 0.1) is 11.4 Å². The quantitative estimate of drug-likeness (QED) is 0.766. The van der Waals surface area contributed by atoms with Crippen molar-refractivity contribution >= 4 is 21.6 Å². The normalized spacial score (nSPS) is 12.1. The minimum absolute atomic E-state index is 0.106. The van der Waals surface area contributed by atoms with Crippen LogP contribution in [0.3, 0.4) is 0 Å². The molecule has 106 valence electrons. The number of nitrogen functional groups attached to an aromatic ring is 1. The van der Waals surface area contributed by atoms with Gasteiger partial charge in [-0.3, -0.25) is 4.79 Å². The fraction of sp³-hybridized carbons (Fsp3) is 0.417. The SMILES string of the molecule is Cc1cc(S(=O)(=O)N(CC(N)=O)C(C)C)ccc1N. The lowest BCUT2D eigenvalue weighted by atomic mass is 10.2. The Hall–Kier alpha value is -1.60. The Bertz CT molecular complexity index is 582. The van der Waals surface area contributed by atoms with E-state index in [1.54, 1.807) is 20.8 Å². The average Bonchev–Trinajstić information content (AvgIpc) is 2.28. The van der Waals surface area contributed by atoms with Crippen molar-refractivity contribution in [3.05, 3.63) is 23.8 Å². The number of hydrogen-bond acceptors (Lipinski definition) is 4. The lowest BCUT2D eigenvalue weighted by molar-refractivity contribution is -0.118. The van der Waals surface area contributed by atoms with Crippen molar-refractivity contribution in [2.45, 2.75) is 31.7 Å². The first kappa shape index (κ1) is 15.5. The third-order valence-electron chi connectivity index (χ3n) is 2.74. The van der Waals surface area contributed by atoms with Crippen LogP contribution in [0.1, 0.15) is 19.4 Å². The van der Waals surface area contributed by atoms with Crippen molar-refractivity contribution in [2.75, 3.05) is 12.3 Å². The van der Waals surface area contributed by atoms with Crippen LogP contribution in [0.15, 0.2) is 23.1 Å². The number of sulfonamides is 1. The summed E-state index contributed by atoms with van der Waals surface area (Å²) in [4.78, 5) is 11.1. The number of rotatable bonds is 5. The van der Waals surface area contributed by atoms with Gasteiger partial charge in [0.1, 0.15) is 0 Å². The second-order valence-corrected chi connectivity index (χ2v) is 6.52. The van der Waals surface area contributed by atoms with Crippen LogP contribution in [-0.2, 0) is 14.8 Å². The van der Waals surface area contributed by atoms with E-state index < -0.39 is 15.9 Å². The summed E-state index contributed by atoms with van der Waals surface area (Å²) >= 11 is 0. The van der Waals surface area contributed by atoms with E-state index >= 15 is 0 Å². The molecule has 0 aliphatic rings. The average molecular weight is 285 g/mol. The maximum Gasteiger partial charge on any atom is 0.243 e. The number of nitrogens with two attached hydrogens (primary N) is 2. The molecule has 1 rings (SSSR count). The molecule has 0 spiro atoms. The van der Waals surface area contributed by atoms with Gasteiger partial charge in [-0.05, 0) is 44.5 Å². The van der Waals surface area contributed by atoms with Crippen molar-refractivity contribution in [3.63, 3.8) is 0 Å². The van der Waals surface area contributed by atoms with Crippen molar-refractivity contribution in [3.8, 4) is 0 Å². The van der Waals surface area contributed by atoms with Crippen molar-refractivity contribution in [1.82, 2.24) is 4.31 Å². The number of nitrogens with zero attached hydrogens (tertiary/aromatic N) is 1. The second-order valence-electron chi connectivity index (χ2n) is 4.63. The van der Waals surface area contributed by atoms with Gasteiger partial charge < -0.3 is 11.5 Å². The molecule has 0 aromatic heterocycles. The van der Waals surface area contributed by atoms with Gasteiger partial charge in [-0.1, -0.05) is 0 Å². The van der Waals surface area contributed by atoms with Crippen LogP contribution in [0.2, 0.25) is 0 Å². The largest absolute Gasteiger partial charge is 0.399 e. The summed E-state index contributed by atoms with van der Waals surface area (Å²) in [5.41, 5.74) is 11.9. The fourth-order valence-electron chi connectivity index (χ4n) is 1.64. The Kier molecular flexibility index (Phi) is 4.54. The molecule has 6 nitrogen and oxygen atoms in total. The van der Waals surface area contributed by atoms with Gasteiger partial charge in [-0.25, -0.2) is 8.42 Å². The first-order chi connectivity index (χ1) is 8.66. The molecule has 1 amide bonds. The summed E-state index contributed by atoms with van der Waals surface area (Å²) in [5, 5.41) is 0. The Labute approximate surface area is 113 Å². The molecule has 0 fully saturated rings. The van der Waals surface area contributed by atoms with Crippen LogP contribution >= 0.6 is 0 Å². The van der Waals surface area contributed by atoms with E-state index in [0.717, 1.165) is 4.31 Å². The summed E-state index contributed by atoms with van der Waals surface area (Å²) < 4.78 is 26.0. The zero-order valence-corrected chi connectivity index (χ0v) is 12.1. The highest BCUT2D eigenvalue weighted by atomic mass is 32.2. The van der Waals surface area contributed by atoms with Crippen LogP contribution in [0.4, 0.5) is 5.69 Å². The zero-order chi connectivity index (χ0) is 14.8. The molecule has 7 heteroatoms. The third-order valence-corrected chi connectivity index (χ3v) is 4.75. The van der Waals surface area contributed by atoms with Gasteiger partial charge in [0.25, 0.3) is 0 Å². The standard InChI is InChI=1S/C12H19N3O3S/c1-8(2)15(7-12(14)16)19(17,18)10-4-5-11(13)9(3)6-10/h4-6,8H,7,13H2,1-3H3,(H2,14,16). The Balaban J connectivity index is 3.26. The number of aryl methyl sites for hydroxylation is 1. The smallest absolute Gasteiger partial charge is 0.243 e. The van der Waals surface area contributed by atoms with Crippen LogP contribution in [0.25, 0.3) is 0 Å². The first-order valence-electron chi connectivity index (χ1n) is 5.82. The minimum Gasteiger partial charge on any atom is -0.399 e. The summed E-state index contributed by atoms with van der Waals surface area (Å²) in [6.45, 7) is 4.75. The van der Waals surface area contributed by atoms with Gasteiger partial charge in [0.15, 0.2) is 0 Å². The maximum atomic E-state index is 12.5. The van der Waals surface area contributed by atoms with Gasteiger partial charge in [0, 0.05) is 11.7 Å². The molecule has 1 aromatic carbocycles. The number of carbonyl (C=O) groups excluding carboxylic acids is 1. The number of amides is 1. The van der Waals surface area contributed by atoms with Crippen molar-refractivity contribution in [1.29, 1.82) is 0 Å². The van der Waals surface area contributed by atoms with Gasteiger partial charge in [-0.2, -0.15) is 4.31 Å². The van der Waals surface area contributed by atoms with Crippen LogP contribution in [0, 0.1) is 6.92 Å². The monoisotopic (exact) mass is 285 g/mol. The summed E-state index contributed by atoms with van der Waals surface area (Å²) in [6, 6.07) is 4.08. The fourth-order valence-corrected chi connectivity index (χ4v) is 3.33. The molecule has 0 aliphatic heterocycles. The molecule has 4 N–H and O–H groups in total. The molecule has 0 saturated heterocycles. The summed E-state index contributed by atoms with van der Waals surface area (Å²) in [5.74, 6) is -0.690. The summed E-state index contributed by atoms with van der Waals surface area (Å²) in [7, 11) is -3.76. The molecular weight excluding hydrogens is 266 g/mol. The summed E-state index contributed by atoms with van der Waals surface area (Å²) in [6.07, 6.45) is 0. The lowest BCUT2D eigenvalue weighted by Crippen LogP contribution is -2.42. The van der Waals surface area contributed by atoms with Crippen LogP contribution in [0.5, 0.6) is 0 Å². The molecule has 0 radical (unpaired) electrons. The number of carbonyl (C=O) groups is 1. The molecule has 0 atom stereocenters. The Morgan fingerprint density at radius 2 is 1.95 bits per heavy atom. The van der Waals surface area contributed by atoms with E-state index in [9.17, 15) is 13.2 Å². The predicted octanol–water partition coefficient (Wildman–Crippen LogP) is 0.462. The van der Waals surface area contributed by atoms with Crippen LogP contribution < -0.4 is 11.5 Å². The van der Waals surface area contributed by atoms with E-state index in [0.29, 0.717) is 11.3 Å². The van der Waals surface area contributed by atoms with E-state index in [4.69, 9.17) is 11.5 Å². The maximum absolute atomic E-state index is 12.5. The molecule has 0 unspecified atom stereocenters. The van der Waals surface area contributed by atoms with Gasteiger partial charge >= 0.3 is 0 Å². The second kappa shape index (κ2) is 5.58. The number of anilines is 1. The molecular formula is C12H19N3O3S. The predicted molar refractivity (Wildman–Crippen MR) is 73.8 cm³/mol. The molecule has 19 heavy (non-hydrogen) atoms. The molecule has 0 bridgehead atoms. The number of primary amides is 1. The molecule has 0 heterocycles. The van der Waals surface area contributed by atoms with E-state index in [2.05, 4.69) is 0 Å². The van der Waals surface area contributed by atoms with E-state index in [-0.39, 0.29) is 17.5 Å². The third kappa shape index (κ3) is 3.45. The van der Waals surface area contributed by atoms with Crippen molar-refractivity contribution in [2.24, 2.45) is 5.73 Å². The molecule has 1 aromatic rings. The van der Waals surface area contributed by atoms with Gasteiger partial charge in [0.2, 0.25) is 15.9 Å². The highest BCUT2D eigenvalue weighted by Gasteiger charge is 2.28. The van der Waals surface area contributed by atoms with E-state index in [1.165, 1.54) is 18.2 Å². The van der Waals surface area contributed by atoms with Gasteiger partial charge in [-0.15, -0.1) is 0 Å². The Morgan fingerprint density at radius 3 is 2.37 bits per heavy atom. The Morgan fingerprint density at radius 1 is 1.37 bits per heavy atom. The number of benzene rings is 1. The topological polar surface area (TPSA) is 106 Å². The highest BCUT2D eigenvalue weighted by Crippen LogP contribution is 2.21. The van der Waals surface area contributed by atoms with E-state index in [1.807, 2.05) is 0 Å². The van der Waals surface area contributed by atoms with Crippen LogP contribution in [-0.4, -0.2) is 31.2 Å². The minimum atomic E-state index is -3.76. The number of hydrogen-bond donors (Lipinski definition) is 2. The molecule has 0 aliphatic carbocycles. The van der Waals surface area contributed by atoms with Crippen molar-refractivity contribution < 1.29 is 13.2 Å². The zero-order valence-electron chi connectivity index (χ0n) is 11.3. The lowest BCUT2D eigenvalue weighted by Gasteiger charge is -2.24. The highest BCUT2D eigenvalue weighted by molar-refractivity contribution is 7.89. The molecule has 0 saturated carbocycles.